The van der Waals surface area contributed by atoms with Crippen molar-refractivity contribution in [2.75, 3.05) is 6.61 Å². The highest BCUT2D eigenvalue weighted by Crippen LogP contribution is 2.49. The quantitative estimate of drug-likeness (QED) is 0.798. The smallest absolute Gasteiger partial charge is 0.201 e. The van der Waals surface area contributed by atoms with Crippen LogP contribution in [0.5, 0.6) is 0 Å². The van der Waals surface area contributed by atoms with Gasteiger partial charge in [0.05, 0.1) is 12.0 Å². The zero-order valence-electron chi connectivity index (χ0n) is 15.0. The van der Waals surface area contributed by atoms with Crippen molar-refractivity contribution in [3.05, 3.63) is 30.7 Å². The Morgan fingerprint density at radius 2 is 1.77 bits per heavy atom. The molecule has 1 aliphatic heterocycles. The van der Waals surface area contributed by atoms with Crippen LogP contribution in [0.3, 0.4) is 0 Å². The van der Waals surface area contributed by atoms with E-state index in [1.807, 2.05) is 12.8 Å². The fraction of sp³-hybridized carbons (Fsp3) is 0.667. The maximum atomic E-state index is 11.4. The first kappa shape index (κ1) is 18.0. The van der Waals surface area contributed by atoms with Gasteiger partial charge in [-0.3, -0.25) is 0 Å². The van der Waals surface area contributed by atoms with E-state index in [9.17, 15) is 4.80 Å². The average molecular weight is 321 g/mol. The van der Waals surface area contributed by atoms with Crippen molar-refractivity contribution in [2.24, 2.45) is 10.4 Å². The predicted molar refractivity (Wildman–Crippen MR) is 94.2 cm³/mol. The Bertz CT molecular complexity index is 417. The Morgan fingerprint density at radius 3 is 2.23 bits per heavy atom. The van der Waals surface area contributed by atoms with E-state index in [2.05, 4.69) is 54.9 Å². The summed E-state index contributed by atoms with van der Waals surface area (Å²) in [5, 5.41) is 0. The summed E-state index contributed by atoms with van der Waals surface area (Å²) in [4.78, 5) is 16.2. The maximum absolute atomic E-state index is 11.4. The fourth-order valence-electron chi connectivity index (χ4n) is 3.21. The van der Waals surface area contributed by atoms with Gasteiger partial charge in [-0.15, -0.1) is 0 Å². The SMILES string of the molecule is CC(C)[Si](O)([C]1[CH][CH][CH][C]1C1=N[C@@H](C(C)(C)C)CO1)C(C)C. The number of hydrogen-bond donors (Lipinski definition) is 1. The fourth-order valence-corrected chi connectivity index (χ4v) is 6.77. The molecule has 0 unspecified atom stereocenters. The molecule has 3 nitrogen and oxygen atoms in total. The van der Waals surface area contributed by atoms with E-state index in [0.29, 0.717) is 12.5 Å². The summed E-state index contributed by atoms with van der Waals surface area (Å²) in [6.07, 6.45) is 6.13. The molecule has 0 amide bonds. The Morgan fingerprint density at radius 1 is 1.18 bits per heavy atom. The third-order valence-electron chi connectivity index (χ3n) is 4.89. The van der Waals surface area contributed by atoms with Crippen LogP contribution in [0.15, 0.2) is 4.99 Å². The van der Waals surface area contributed by atoms with E-state index in [1.165, 1.54) is 0 Å². The maximum Gasteiger partial charge on any atom is 0.201 e. The minimum atomic E-state index is -2.57. The summed E-state index contributed by atoms with van der Waals surface area (Å²) in [7, 11) is -2.57. The topological polar surface area (TPSA) is 41.8 Å². The van der Waals surface area contributed by atoms with Crippen LogP contribution in [0, 0.1) is 36.1 Å². The van der Waals surface area contributed by atoms with Gasteiger partial charge in [0.2, 0.25) is 8.32 Å². The summed E-state index contributed by atoms with van der Waals surface area (Å²) in [5.74, 6) is 1.72. The van der Waals surface area contributed by atoms with Gasteiger partial charge in [-0.2, -0.15) is 0 Å². The minimum absolute atomic E-state index is 0.0956. The second kappa shape index (κ2) is 6.27. The van der Waals surface area contributed by atoms with Crippen LogP contribution in [0.2, 0.25) is 11.1 Å². The van der Waals surface area contributed by atoms with Crippen molar-refractivity contribution in [3.8, 4) is 0 Å². The Labute approximate surface area is 137 Å². The normalized spacial score (nSPS) is 25.2. The van der Waals surface area contributed by atoms with Gasteiger partial charge in [0, 0.05) is 5.54 Å². The number of rotatable bonds is 4. The van der Waals surface area contributed by atoms with Gasteiger partial charge >= 0.3 is 0 Å². The van der Waals surface area contributed by atoms with E-state index in [0.717, 1.165) is 11.5 Å². The monoisotopic (exact) mass is 320 g/mol. The Kier molecular flexibility index (Phi) is 5.13. The zero-order valence-corrected chi connectivity index (χ0v) is 16.0. The van der Waals surface area contributed by atoms with Crippen molar-refractivity contribution in [1.82, 2.24) is 0 Å². The van der Waals surface area contributed by atoms with Crippen LogP contribution in [0.4, 0.5) is 0 Å². The third kappa shape index (κ3) is 3.14. The molecule has 0 spiro atoms. The van der Waals surface area contributed by atoms with Crippen LogP contribution in [-0.4, -0.2) is 31.7 Å². The lowest BCUT2D eigenvalue weighted by atomic mass is 9.88. The first-order chi connectivity index (χ1) is 10.1. The molecule has 1 N–H and O–H groups in total. The molecule has 0 bridgehead atoms. The predicted octanol–water partition coefficient (Wildman–Crippen LogP) is 3.90. The molecule has 2 aliphatic rings. The van der Waals surface area contributed by atoms with Gasteiger partial charge in [0.1, 0.15) is 6.61 Å². The van der Waals surface area contributed by atoms with E-state index in [4.69, 9.17) is 9.73 Å². The molecule has 0 saturated heterocycles. The van der Waals surface area contributed by atoms with E-state index in [-0.39, 0.29) is 22.5 Å². The molecule has 0 aromatic rings. The lowest BCUT2D eigenvalue weighted by molar-refractivity contribution is 0.234. The van der Waals surface area contributed by atoms with Gasteiger partial charge in [-0.05, 0) is 35.8 Å². The standard InChI is InChI=1S/C18H30NO2Si/c1-12(2)22(20,13(3)4)15-10-8-9-14(15)17-19-16(11-21-17)18(5,6)7/h8-10,12-13,16,20H,11H2,1-7H3/t16-/m1/s1. The molecule has 1 saturated carbocycles. The van der Waals surface area contributed by atoms with E-state index >= 15 is 0 Å². The molecule has 5 radical (unpaired) electrons. The average Bonchev–Trinajstić information content (AvgIpc) is 3.04. The number of aliphatic imine (C=N–C) groups is 1. The first-order valence-corrected chi connectivity index (χ1v) is 10.4. The molecule has 1 heterocycles. The zero-order chi connectivity index (χ0) is 16.7. The van der Waals surface area contributed by atoms with Crippen LogP contribution in [-0.2, 0) is 4.74 Å². The molecule has 4 heteroatoms. The second-order valence-corrected chi connectivity index (χ2v) is 12.6. The van der Waals surface area contributed by atoms with Crippen LogP contribution in [0.1, 0.15) is 48.5 Å². The molecule has 0 aromatic carbocycles. The van der Waals surface area contributed by atoms with Gasteiger partial charge in [-0.1, -0.05) is 48.5 Å². The van der Waals surface area contributed by atoms with Crippen LogP contribution < -0.4 is 0 Å². The summed E-state index contributed by atoms with van der Waals surface area (Å²) >= 11 is 0. The Balaban J connectivity index is 2.25. The molecule has 1 atom stereocenters. The molecule has 1 fully saturated rings. The van der Waals surface area contributed by atoms with Crippen LogP contribution in [0.25, 0.3) is 0 Å². The number of nitrogens with zero attached hydrogens (tertiary/aromatic N) is 1. The van der Waals surface area contributed by atoms with Gasteiger partial charge < -0.3 is 9.53 Å². The molecule has 2 rings (SSSR count). The minimum Gasteiger partial charge on any atom is -0.478 e. The third-order valence-corrected chi connectivity index (χ3v) is 9.71. The van der Waals surface area contributed by atoms with Crippen molar-refractivity contribution >= 4 is 14.2 Å². The van der Waals surface area contributed by atoms with Crippen molar-refractivity contribution in [2.45, 2.75) is 65.6 Å². The molecule has 22 heavy (non-hydrogen) atoms. The Hall–Kier alpha value is -0.353. The van der Waals surface area contributed by atoms with Crippen molar-refractivity contribution in [1.29, 1.82) is 0 Å². The van der Waals surface area contributed by atoms with Crippen molar-refractivity contribution in [3.63, 3.8) is 0 Å². The van der Waals surface area contributed by atoms with Gasteiger partial charge in [0.15, 0.2) is 5.90 Å². The molecule has 0 aromatic heterocycles. The molecular formula is C18H30NO2Si. The molecule has 123 valence electrons. The lowest BCUT2D eigenvalue weighted by Crippen LogP contribution is -2.50. The molecular weight excluding hydrogens is 290 g/mol. The van der Waals surface area contributed by atoms with Gasteiger partial charge in [-0.25, -0.2) is 4.99 Å². The first-order valence-electron chi connectivity index (χ1n) is 8.28. The van der Waals surface area contributed by atoms with Crippen LogP contribution >= 0.6 is 0 Å². The largest absolute Gasteiger partial charge is 0.478 e. The highest BCUT2D eigenvalue weighted by Gasteiger charge is 2.54. The van der Waals surface area contributed by atoms with Gasteiger partial charge in [0.25, 0.3) is 0 Å². The van der Waals surface area contributed by atoms with E-state index < -0.39 is 8.32 Å². The van der Waals surface area contributed by atoms with Crippen molar-refractivity contribution < 1.29 is 9.53 Å². The summed E-state index contributed by atoms with van der Waals surface area (Å²) in [6.45, 7) is 15.7. The number of ether oxygens (including phenoxy) is 1. The lowest BCUT2D eigenvalue weighted by Gasteiger charge is -2.40. The highest BCUT2D eigenvalue weighted by molar-refractivity contribution is 6.82. The van der Waals surface area contributed by atoms with E-state index in [1.54, 1.807) is 0 Å². The summed E-state index contributed by atoms with van der Waals surface area (Å²) in [5.41, 5.74) is 1.69. The summed E-state index contributed by atoms with van der Waals surface area (Å²) < 4.78 is 5.89. The molecule has 1 aliphatic carbocycles. The number of hydrogen-bond acceptors (Lipinski definition) is 3. The summed E-state index contributed by atoms with van der Waals surface area (Å²) in [6, 6.07) is 0.179. The second-order valence-electron chi connectivity index (χ2n) is 8.11. The highest BCUT2D eigenvalue weighted by atomic mass is 28.4.